The summed E-state index contributed by atoms with van der Waals surface area (Å²) in [6, 6.07) is -0.647. The van der Waals surface area contributed by atoms with E-state index >= 15 is 0 Å². The Hall–Kier alpha value is -1.70. The molecule has 0 unspecified atom stereocenters. The first kappa shape index (κ1) is 34.5. The molecule has 1 aromatic heterocycles. The van der Waals surface area contributed by atoms with Gasteiger partial charge in [-0.2, -0.15) is 0 Å². The minimum absolute atomic E-state index is 0.0368. The molecule has 40 heavy (non-hydrogen) atoms. The van der Waals surface area contributed by atoms with Gasteiger partial charge in [-0.05, 0) is 12.5 Å². The zero-order valence-corrected chi connectivity index (χ0v) is 26.4. The summed E-state index contributed by atoms with van der Waals surface area (Å²) in [4.78, 5) is 53.6. The molecule has 1 aliphatic rings. The van der Waals surface area contributed by atoms with Crippen molar-refractivity contribution in [2.24, 2.45) is 15.9 Å². The van der Waals surface area contributed by atoms with E-state index in [1.54, 1.807) is 6.92 Å². The minimum atomic E-state index is -1.89. The number of aromatic nitrogens is 2. The normalized spacial score (nSPS) is 19.6. The Kier molecular flexibility index (Phi) is 13.4. The average molecular weight is 620 g/mol. The van der Waals surface area contributed by atoms with Crippen molar-refractivity contribution in [2.45, 2.75) is 73.3 Å². The summed E-state index contributed by atoms with van der Waals surface area (Å²) in [5.41, 5.74) is 7.30. The number of azide groups is 1. The number of hydrogen-bond donors (Lipinski definition) is 1. The van der Waals surface area contributed by atoms with Crippen molar-refractivity contribution in [1.82, 2.24) is 9.55 Å². The van der Waals surface area contributed by atoms with Gasteiger partial charge < -0.3 is 18.3 Å². The van der Waals surface area contributed by atoms with Crippen LogP contribution in [0.1, 0.15) is 59.8 Å². The monoisotopic (exact) mass is 619 g/mol. The van der Waals surface area contributed by atoms with Crippen LogP contribution in [0.15, 0.2) is 20.9 Å². The zero-order valence-electron chi connectivity index (χ0n) is 23.9. The Bertz CT molecular complexity index is 1160. The Balaban J connectivity index is 2.03. The van der Waals surface area contributed by atoms with Gasteiger partial charge in [-0.3, -0.25) is 23.9 Å². The van der Waals surface area contributed by atoms with Crippen LogP contribution < -0.4 is 11.2 Å². The number of aryl methyl sites for hydroxylation is 1. The molecular formula is C24H38N5O8PS2. The van der Waals surface area contributed by atoms with Crippen LogP contribution in [0.2, 0.25) is 0 Å². The Morgan fingerprint density at radius 3 is 2.15 bits per heavy atom. The van der Waals surface area contributed by atoms with Crippen LogP contribution >= 0.6 is 32.1 Å². The van der Waals surface area contributed by atoms with Crippen molar-refractivity contribution in [3.63, 3.8) is 0 Å². The number of aromatic amines is 1. The SMILES string of the molecule is Cc1cn([C@H]2C[C@H](N=[N+]=[N-])[C@@H](COP(OCCSC(=O)C(C)(C)C)OCCSC(=O)C(C)(C)C)O2)c(=O)[nH]c1=O. The van der Waals surface area contributed by atoms with Gasteiger partial charge in [0.1, 0.15) is 6.23 Å². The molecule has 0 aromatic carbocycles. The van der Waals surface area contributed by atoms with Gasteiger partial charge in [0.2, 0.25) is 0 Å². The maximum Gasteiger partial charge on any atom is 0.332 e. The molecule has 2 rings (SSSR count). The number of ether oxygens (including phenoxy) is 1. The number of nitrogens with one attached hydrogen (secondary N) is 1. The van der Waals surface area contributed by atoms with Gasteiger partial charge in [0.05, 0.1) is 32.0 Å². The molecule has 0 aliphatic carbocycles. The summed E-state index contributed by atoms with van der Waals surface area (Å²) in [7, 11) is -1.89. The van der Waals surface area contributed by atoms with Gasteiger partial charge in [0.15, 0.2) is 10.2 Å². The van der Waals surface area contributed by atoms with E-state index in [-0.39, 0.29) is 36.5 Å². The van der Waals surface area contributed by atoms with E-state index in [0.29, 0.717) is 17.1 Å². The van der Waals surface area contributed by atoms with Crippen molar-refractivity contribution in [2.75, 3.05) is 31.3 Å². The van der Waals surface area contributed by atoms with E-state index in [1.807, 2.05) is 41.5 Å². The molecule has 2 heterocycles. The van der Waals surface area contributed by atoms with Crippen LogP contribution in [0.4, 0.5) is 0 Å². The van der Waals surface area contributed by atoms with Crippen LogP contribution in [-0.4, -0.2) is 63.3 Å². The number of thioether (sulfide) groups is 2. The first-order valence-corrected chi connectivity index (χ1v) is 15.7. The van der Waals surface area contributed by atoms with Crippen LogP contribution in [-0.2, 0) is 27.9 Å². The maximum absolute atomic E-state index is 12.3. The molecule has 13 nitrogen and oxygen atoms in total. The third-order valence-electron chi connectivity index (χ3n) is 5.46. The number of carbonyl (C=O) groups excluding carboxylic acids is 2. The molecule has 16 heteroatoms. The molecule has 3 atom stereocenters. The van der Waals surface area contributed by atoms with Gasteiger partial charge in [-0.25, -0.2) is 4.79 Å². The highest BCUT2D eigenvalue weighted by Crippen LogP contribution is 2.42. The van der Waals surface area contributed by atoms with Crippen molar-refractivity contribution in [3.8, 4) is 0 Å². The molecule has 0 amide bonds. The highest BCUT2D eigenvalue weighted by Gasteiger charge is 2.37. The van der Waals surface area contributed by atoms with E-state index < -0.39 is 49.1 Å². The van der Waals surface area contributed by atoms with E-state index in [1.165, 1.54) is 10.8 Å². The third kappa shape index (κ3) is 10.9. The summed E-state index contributed by atoms with van der Waals surface area (Å²) >= 11 is 2.32. The largest absolute Gasteiger partial charge is 0.352 e. The van der Waals surface area contributed by atoms with E-state index in [2.05, 4.69) is 15.0 Å². The van der Waals surface area contributed by atoms with E-state index in [4.69, 9.17) is 23.8 Å². The standard InChI is InChI=1S/C24H38N5O8PS2/c1-15-13-29(22(33)26-19(15)30)18-12-16(27-28-25)17(37-18)14-36-38(34-8-10-39-20(31)23(2,3)4)35-9-11-40-21(32)24(5,6)7/h13,16-18H,8-12,14H2,1-7H3,(H,26,30,33)/t16-,17+,18+/m0/s1. The smallest absolute Gasteiger partial charge is 0.332 e. The number of nitrogens with zero attached hydrogens (tertiary/aromatic N) is 4. The lowest BCUT2D eigenvalue weighted by molar-refractivity contribution is -0.118. The van der Waals surface area contributed by atoms with Crippen LogP contribution in [0, 0.1) is 17.8 Å². The third-order valence-corrected chi connectivity index (χ3v) is 9.09. The van der Waals surface area contributed by atoms with Gasteiger partial charge >= 0.3 is 14.3 Å². The van der Waals surface area contributed by atoms with Crippen LogP contribution in [0.25, 0.3) is 10.4 Å². The van der Waals surface area contributed by atoms with Gasteiger partial charge in [-0.15, -0.1) is 0 Å². The van der Waals surface area contributed by atoms with E-state index in [0.717, 1.165) is 23.5 Å². The molecule has 0 radical (unpaired) electrons. The topological polar surface area (TPSA) is 175 Å². The van der Waals surface area contributed by atoms with Gasteiger partial charge in [0, 0.05) is 45.4 Å². The summed E-state index contributed by atoms with van der Waals surface area (Å²) in [6.07, 6.45) is 0.0972. The van der Waals surface area contributed by atoms with Crippen LogP contribution in [0.3, 0.4) is 0 Å². The fourth-order valence-corrected chi connectivity index (χ4v) is 5.99. The van der Waals surface area contributed by atoms with Gasteiger partial charge in [-0.1, -0.05) is 70.2 Å². The Morgan fingerprint density at radius 2 is 1.65 bits per heavy atom. The zero-order chi connectivity index (χ0) is 30.1. The lowest BCUT2D eigenvalue weighted by Gasteiger charge is -2.21. The quantitative estimate of drug-likeness (QED) is 0.107. The number of H-pyrrole nitrogens is 1. The fraction of sp³-hybridized carbons (Fsp3) is 0.750. The summed E-state index contributed by atoms with van der Waals surface area (Å²) in [5.74, 6) is 0.799. The van der Waals surface area contributed by atoms with E-state index in [9.17, 15) is 19.2 Å². The molecule has 1 aromatic rings. The predicted octanol–water partition coefficient (Wildman–Crippen LogP) is 4.70. The number of hydrogen-bond acceptors (Lipinski definition) is 11. The fourth-order valence-electron chi connectivity index (χ4n) is 3.20. The molecule has 0 spiro atoms. The second kappa shape index (κ2) is 15.5. The molecule has 1 saturated heterocycles. The first-order chi connectivity index (χ1) is 18.6. The minimum Gasteiger partial charge on any atom is -0.352 e. The highest BCUT2D eigenvalue weighted by atomic mass is 32.2. The molecule has 0 bridgehead atoms. The molecule has 1 fully saturated rings. The second-order valence-electron chi connectivity index (χ2n) is 11.1. The lowest BCUT2D eigenvalue weighted by atomic mass is 9.99. The first-order valence-electron chi connectivity index (χ1n) is 12.7. The van der Waals surface area contributed by atoms with Crippen molar-refractivity contribution in [1.29, 1.82) is 0 Å². The Labute approximate surface area is 243 Å². The Morgan fingerprint density at radius 1 is 1.10 bits per heavy atom. The summed E-state index contributed by atoms with van der Waals surface area (Å²) in [6.45, 7) is 12.9. The summed E-state index contributed by atoms with van der Waals surface area (Å²) in [5, 5.41) is 3.87. The van der Waals surface area contributed by atoms with Crippen molar-refractivity contribution in [3.05, 3.63) is 43.0 Å². The molecular weight excluding hydrogens is 581 g/mol. The van der Waals surface area contributed by atoms with Crippen molar-refractivity contribution < 1.29 is 27.9 Å². The number of rotatable bonds is 13. The highest BCUT2D eigenvalue weighted by molar-refractivity contribution is 8.14. The summed E-state index contributed by atoms with van der Waals surface area (Å²) < 4.78 is 24.7. The molecule has 0 saturated carbocycles. The van der Waals surface area contributed by atoms with Crippen LogP contribution in [0.5, 0.6) is 0 Å². The van der Waals surface area contributed by atoms with Crippen molar-refractivity contribution >= 4 is 42.4 Å². The number of carbonyl (C=O) groups is 2. The molecule has 1 N–H and O–H groups in total. The second-order valence-corrected chi connectivity index (χ2v) is 14.4. The average Bonchev–Trinajstić information content (AvgIpc) is 3.25. The predicted molar refractivity (Wildman–Crippen MR) is 156 cm³/mol. The maximum atomic E-state index is 12.3. The molecule has 1 aliphatic heterocycles. The van der Waals surface area contributed by atoms with Gasteiger partial charge in [0.25, 0.3) is 5.56 Å². The lowest BCUT2D eigenvalue weighted by Crippen LogP contribution is -2.33. The molecule has 224 valence electrons.